The second kappa shape index (κ2) is 8.23. The van der Waals surface area contributed by atoms with E-state index in [1.807, 2.05) is 84.3 Å². The predicted octanol–water partition coefficient (Wildman–Crippen LogP) is 5.09. The van der Waals surface area contributed by atoms with Gasteiger partial charge in [-0.3, -0.25) is 13.9 Å². The molecule has 34 heavy (non-hydrogen) atoms. The van der Waals surface area contributed by atoms with E-state index in [0.717, 1.165) is 29.0 Å². The van der Waals surface area contributed by atoms with Crippen molar-refractivity contribution in [2.24, 2.45) is 0 Å². The van der Waals surface area contributed by atoms with Crippen LogP contribution in [0.1, 0.15) is 18.3 Å². The number of aryl methyl sites for hydroxylation is 2. The minimum atomic E-state index is -0.0676. The molecule has 3 heterocycles. The van der Waals surface area contributed by atoms with Crippen LogP contribution in [0.5, 0.6) is 0 Å². The Kier molecular flexibility index (Phi) is 4.91. The summed E-state index contributed by atoms with van der Waals surface area (Å²) in [4.78, 5) is 28.8. The lowest BCUT2D eigenvalue weighted by molar-refractivity contribution is 0.620. The molecular formula is C28H23N5O. The zero-order valence-corrected chi connectivity index (χ0v) is 18.8. The van der Waals surface area contributed by atoms with Crippen molar-refractivity contribution in [1.29, 1.82) is 0 Å². The van der Waals surface area contributed by atoms with Gasteiger partial charge in [0.2, 0.25) is 0 Å². The van der Waals surface area contributed by atoms with Crippen molar-refractivity contribution in [2.75, 3.05) is 0 Å². The van der Waals surface area contributed by atoms with E-state index < -0.39 is 0 Å². The molecule has 0 bridgehead atoms. The first-order valence-electron chi connectivity index (χ1n) is 11.5. The van der Waals surface area contributed by atoms with E-state index in [-0.39, 0.29) is 5.56 Å². The normalized spacial score (nSPS) is 11.6. The SMILES string of the molecule is CCc1nc2c(c(=O)n1CCc1ccccc1)c1nc3ccccc3nc1n2-c1ccccc1. The second-order valence-electron chi connectivity index (χ2n) is 8.33. The number of fused-ring (bicyclic) bond motifs is 4. The van der Waals surface area contributed by atoms with E-state index in [9.17, 15) is 4.79 Å². The molecule has 0 saturated carbocycles. The first kappa shape index (κ1) is 20.3. The third-order valence-corrected chi connectivity index (χ3v) is 6.24. The lowest BCUT2D eigenvalue weighted by atomic mass is 10.1. The molecule has 0 aliphatic carbocycles. The molecule has 0 spiro atoms. The Bertz CT molecular complexity index is 1700. The summed E-state index contributed by atoms with van der Waals surface area (Å²) in [6.45, 7) is 2.60. The molecule has 0 radical (unpaired) electrons. The number of para-hydroxylation sites is 3. The van der Waals surface area contributed by atoms with Crippen molar-refractivity contribution in [2.45, 2.75) is 26.3 Å². The Balaban J connectivity index is 1.67. The molecule has 6 nitrogen and oxygen atoms in total. The molecule has 0 unspecified atom stereocenters. The number of aromatic nitrogens is 5. The molecule has 0 N–H and O–H groups in total. The van der Waals surface area contributed by atoms with Gasteiger partial charge in [-0.15, -0.1) is 0 Å². The van der Waals surface area contributed by atoms with Crippen molar-refractivity contribution >= 4 is 33.2 Å². The number of rotatable bonds is 5. The van der Waals surface area contributed by atoms with E-state index in [2.05, 4.69) is 12.1 Å². The lowest BCUT2D eigenvalue weighted by Gasteiger charge is -2.12. The fourth-order valence-corrected chi connectivity index (χ4v) is 4.58. The topological polar surface area (TPSA) is 65.6 Å². The highest BCUT2D eigenvalue weighted by molar-refractivity contribution is 6.05. The van der Waals surface area contributed by atoms with Gasteiger partial charge in [0.1, 0.15) is 16.7 Å². The minimum absolute atomic E-state index is 0.0676. The molecule has 0 amide bonds. The molecule has 6 heteroatoms. The molecule has 0 aliphatic heterocycles. The van der Waals surface area contributed by atoms with Crippen LogP contribution < -0.4 is 5.56 Å². The first-order valence-corrected chi connectivity index (χ1v) is 11.5. The summed E-state index contributed by atoms with van der Waals surface area (Å²) in [6, 6.07) is 27.9. The molecule has 3 aromatic carbocycles. The summed E-state index contributed by atoms with van der Waals surface area (Å²) < 4.78 is 3.77. The molecule has 3 aromatic heterocycles. The van der Waals surface area contributed by atoms with Crippen molar-refractivity contribution in [3.05, 3.63) is 107 Å². The summed E-state index contributed by atoms with van der Waals surface area (Å²) >= 11 is 0. The minimum Gasteiger partial charge on any atom is -0.296 e. The Morgan fingerprint density at radius 1 is 0.735 bits per heavy atom. The fourth-order valence-electron chi connectivity index (χ4n) is 4.58. The van der Waals surface area contributed by atoms with Crippen LogP contribution in [-0.4, -0.2) is 24.1 Å². The maximum absolute atomic E-state index is 14.0. The standard InChI is InChI=1S/C28H23N5O/c1-2-23-31-26-24(28(34)32(23)18-17-19-11-5-3-6-12-19)25-27(33(26)20-13-7-4-8-14-20)30-22-16-10-9-15-21(22)29-25/h3-16H,2,17-18H2,1H3. The van der Waals surface area contributed by atoms with E-state index in [4.69, 9.17) is 15.0 Å². The van der Waals surface area contributed by atoms with E-state index in [1.54, 1.807) is 4.57 Å². The quantitative estimate of drug-likeness (QED) is 0.371. The average molecular weight is 446 g/mol. The number of nitrogens with zero attached hydrogens (tertiary/aromatic N) is 5. The molecule has 0 atom stereocenters. The molecule has 6 rings (SSSR count). The van der Waals surface area contributed by atoms with Crippen LogP contribution in [0.3, 0.4) is 0 Å². The van der Waals surface area contributed by atoms with Crippen LogP contribution in [0.2, 0.25) is 0 Å². The number of benzene rings is 3. The number of hydrogen-bond donors (Lipinski definition) is 0. The van der Waals surface area contributed by atoms with Gasteiger partial charge in [0.25, 0.3) is 5.56 Å². The van der Waals surface area contributed by atoms with E-state index in [1.165, 1.54) is 5.56 Å². The maximum atomic E-state index is 14.0. The van der Waals surface area contributed by atoms with Gasteiger partial charge in [0.15, 0.2) is 11.3 Å². The maximum Gasteiger partial charge on any atom is 0.265 e. The largest absolute Gasteiger partial charge is 0.296 e. The monoisotopic (exact) mass is 445 g/mol. The van der Waals surface area contributed by atoms with Gasteiger partial charge < -0.3 is 0 Å². The number of hydrogen-bond acceptors (Lipinski definition) is 4. The molecule has 6 aromatic rings. The van der Waals surface area contributed by atoms with Crippen LogP contribution in [0.4, 0.5) is 0 Å². The van der Waals surface area contributed by atoms with Crippen LogP contribution in [0.25, 0.3) is 38.9 Å². The van der Waals surface area contributed by atoms with Crippen molar-refractivity contribution in [1.82, 2.24) is 24.1 Å². The van der Waals surface area contributed by atoms with Gasteiger partial charge in [-0.25, -0.2) is 15.0 Å². The van der Waals surface area contributed by atoms with Gasteiger partial charge >= 0.3 is 0 Å². The Morgan fingerprint density at radius 2 is 1.38 bits per heavy atom. The van der Waals surface area contributed by atoms with Crippen LogP contribution in [0, 0.1) is 0 Å². The summed E-state index contributed by atoms with van der Waals surface area (Å²) in [5.74, 6) is 0.762. The van der Waals surface area contributed by atoms with Crippen molar-refractivity contribution in [3.8, 4) is 5.69 Å². The third kappa shape index (κ3) is 3.27. The Hall–Kier alpha value is -4.32. The summed E-state index contributed by atoms with van der Waals surface area (Å²) in [6.07, 6.45) is 1.41. The Morgan fingerprint density at radius 3 is 2.09 bits per heavy atom. The van der Waals surface area contributed by atoms with Crippen LogP contribution in [-0.2, 0) is 19.4 Å². The van der Waals surface area contributed by atoms with Crippen LogP contribution >= 0.6 is 0 Å². The van der Waals surface area contributed by atoms with Crippen molar-refractivity contribution in [3.63, 3.8) is 0 Å². The lowest BCUT2D eigenvalue weighted by Crippen LogP contribution is -2.26. The van der Waals surface area contributed by atoms with Gasteiger partial charge in [-0.05, 0) is 36.2 Å². The molecule has 0 saturated heterocycles. The molecule has 0 aliphatic rings. The van der Waals surface area contributed by atoms with E-state index in [0.29, 0.717) is 35.2 Å². The van der Waals surface area contributed by atoms with Gasteiger partial charge in [0.05, 0.1) is 11.0 Å². The second-order valence-corrected chi connectivity index (χ2v) is 8.33. The van der Waals surface area contributed by atoms with Gasteiger partial charge in [-0.2, -0.15) is 0 Å². The summed E-state index contributed by atoms with van der Waals surface area (Å²) in [5.41, 5.74) is 5.42. The third-order valence-electron chi connectivity index (χ3n) is 6.24. The van der Waals surface area contributed by atoms with E-state index >= 15 is 0 Å². The Labute approximate surface area is 196 Å². The van der Waals surface area contributed by atoms with Gasteiger partial charge in [0, 0.05) is 18.7 Å². The summed E-state index contributed by atoms with van der Waals surface area (Å²) in [7, 11) is 0. The van der Waals surface area contributed by atoms with Crippen LogP contribution in [0.15, 0.2) is 89.7 Å². The highest BCUT2D eigenvalue weighted by Crippen LogP contribution is 2.28. The fraction of sp³-hybridized carbons (Fsp3) is 0.143. The molecular weight excluding hydrogens is 422 g/mol. The zero-order chi connectivity index (χ0) is 23.1. The highest BCUT2D eigenvalue weighted by Gasteiger charge is 2.22. The smallest absolute Gasteiger partial charge is 0.265 e. The molecule has 0 fully saturated rings. The molecule has 166 valence electrons. The van der Waals surface area contributed by atoms with Crippen molar-refractivity contribution < 1.29 is 0 Å². The highest BCUT2D eigenvalue weighted by atomic mass is 16.1. The predicted molar refractivity (Wildman–Crippen MR) is 135 cm³/mol. The first-order chi connectivity index (χ1) is 16.7. The zero-order valence-electron chi connectivity index (χ0n) is 18.8. The summed E-state index contributed by atoms with van der Waals surface area (Å²) in [5, 5.41) is 0.516. The van der Waals surface area contributed by atoms with Gasteiger partial charge in [-0.1, -0.05) is 67.6 Å². The average Bonchev–Trinajstić information content (AvgIpc) is 3.20.